The maximum Gasteiger partial charge on any atom is 0.163 e. The summed E-state index contributed by atoms with van der Waals surface area (Å²) in [4.78, 5) is 8.44. The zero-order valence-corrected chi connectivity index (χ0v) is 15.8. The van der Waals surface area contributed by atoms with Crippen molar-refractivity contribution in [1.29, 1.82) is 0 Å². The SMILES string of the molecule is CNNc1ncnc2c1cnn2[C@@H]1C[C@H](C(O)c2ccc(Cl)cc2)[C@@H](O)[C@H]1O. The van der Waals surface area contributed by atoms with Crippen LogP contribution in [0, 0.1) is 5.92 Å². The Labute approximate surface area is 166 Å². The Bertz CT molecular complexity index is 966. The molecule has 0 amide bonds. The second kappa shape index (κ2) is 7.61. The van der Waals surface area contributed by atoms with Crippen LogP contribution in [-0.4, -0.2) is 54.3 Å². The van der Waals surface area contributed by atoms with Crippen molar-refractivity contribution in [2.45, 2.75) is 30.8 Å². The Kier molecular flexibility index (Phi) is 5.17. The summed E-state index contributed by atoms with van der Waals surface area (Å²) in [6.45, 7) is 0. The standard InChI is InChI=1S/C18H21ClN6O3/c1-20-24-17-12-7-23-25(18(12)22-8-21-17)13-6-11(15(27)16(13)28)14(26)9-2-4-10(19)5-3-9/h2-5,7-8,11,13-16,20,26-28H,6H2,1H3,(H,21,22,24)/t11-,13-,14?,15-,16+/m1/s1. The van der Waals surface area contributed by atoms with E-state index in [9.17, 15) is 15.3 Å². The van der Waals surface area contributed by atoms with Crippen LogP contribution >= 0.6 is 11.6 Å². The van der Waals surface area contributed by atoms with Gasteiger partial charge >= 0.3 is 0 Å². The monoisotopic (exact) mass is 404 g/mol. The summed E-state index contributed by atoms with van der Waals surface area (Å²) in [5, 5.41) is 37.6. The molecule has 0 aliphatic heterocycles. The Morgan fingerprint density at radius 2 is 1.93 bits per heavy atom. The molecule has 1 unspecified atom stereocenters. The van der Waals surface area contributed by atoms with Gasteiger partial charge in [0.1, 0.15) is 12.4 Å². The summed E-state index contributed by atoms with van der Waals surface area (Å²) in [7, 11) is 1.72. The first-order valence-corrected chi connectivity index (χ1v) is 9.29. The van der Waals surface area contributed by atoms with Crippen LogP contribution in [0.5, 0.6) is 0 Å². The quantitative estimate of drug-likeness (QED) is 0.399. The predicted molar refractivity (Wildman–Crippen MR) is 104 cm³/mol. The summed E-state index contributed by atoms with van der Waals surface area (Å²) in [5.74, 6) is 0.00157. The molecular formula is C18H21ClN6O3. The van der Waals surface area contributed by atoms with Gasteiger partial charge in [-0.15, -0.1) is 0 Å². The first-order valence-electron chi connectivity index (χ1n) is 8.92. The van der Waals surface area contributed by atoms with E-state index in [1.807, 2.05) is 0 Å². The van der Waals surface area contributed by atoms with E-state index in [0.29, 0.717) is 33.9 Å². The van der Waals surface area contributed by atoms with E-state index in [1.165, 1.54) is 6.33 Å². The lowest BCUT2D eigenvalue weighted by atomic mass is 9.92. The largest absolute Gasteiger partial charge is 0.390 e. The van der Waals surface area contributed by atoms with Crippen LogP contribution in [0.2, 0.25) is 5.02 Å². The molecule has 1 saturated carbocycles. The van der Waals surface area contributed by atoms with E-state index in [-0.39, 0.29) is 0 Å². The van der Waals surface area contributed by atoms with Gasteiger partial charge in [0.05, 0.1) is 29.8 Å². The smallest absolute Gasteiger partial charge is 0.163 e. The minimum atomic E-state index is -1.10. The van der Waals surface area contributed by atoms with Crippen molar-refractivity contribution in [3.63, 3.8) is 0 Å². The number of rotatable bonds is 5. The lowest BCUT2D eigenvalue weighted by Gasteiger charge is -2.22. The molecule has 0 bridgehead atoms. The van der Waals surface area contributed by atoms with Gasteiger partial charge in [-0.3, -0.25) is 0 Å². The number of anilines is 1. The Hall–Kier alpha value is -2.30. The number of hydrazine groups is 1. The third kappa shape index (κ3) is 3.21. The molecule has 2 aromatic heterocycles. The number of aromatic nitrogens is 4. The molecule has 0 spiro atoms. The van der Waals surface area contributed by atoms with Crippen LogP contribution in [0.15, 0.2) is 36.8 Å². The molecule has 2 heterocycles. The van der Waals surface area contributed by atoms with Crippen LogP contribution in [0.4, 0.5) is 5.82 Å². The third-order valence-corrected chi connectivity index (χ3v) is 5.51. The second-order valence-corrected chi connectivity index (χ2v) is 7.30. The summed E-state index contributed by atoms with van der Waals surface area (Å²) in [6.07, 6.45) is 0.207. The highest BCUT2D eigenvalue weighted by atomic mass is 35.5. The number of benzene rings is 1. The highest BCUT2D eigenvalue weighted by molar-refractivity contribution is 6.30. The summed E-state index contributed by atoms with van der Waals surface area (Å²) >= 11 is 5.91. The van der Waals surface area contributed by atoms with Crippen molar-refractivity contribution in [1.82, 2.24) is 25.2 Å². The fourth-order valence-electron chi connectivity index (χ4n) is 3.83. The molecule has 10 heteroatoms. The molecule has 4 rings (SSSR count). The van der Waals surface area contributed by atoms with Gasteiger partial charge in [-0.2, -0.15) is 5.10 Å². The van der Waals surface area contributed by atoms with E-state index < -0.39 is 30.3 Å². The molecule has 3 aromatic rings. The van der Waals surface area contributed by atoms with Crippen molar-refractivity contribution >= 4 is 28.5 Å². The topological polar surface area (TPSA) is 128 Å². The molecule has 148 valence electrons. The Morgan fingerprint density at radius 3 is 2.64 bits per heavy atom. The van der Waals surface area contributed by atoms with Gasteiger partial charge in [0.15, 0.2) is 11.5 Å². The minimum absolute atomic E-state index is 0.335. The van der Waals surface area contributed by atoms with Gasteiger partial charge in [-0.05, 0) is 24.1 Å². The highest BCUT2D eigenvalue weighted by Gasteiger charge is 2.46. The van der Waals surface area contributed by atoms with Gasteiger partial charge in [0, 0.05) is 18.0 Å². The van der Waals surface area contributed by atoms with Crippen molar-refractivity contribution in [3.05, 3.63) is 47.4 Å². The number of nitrogens with one attached hydrogen (secondary N) is 2. The summed E-state index contributed by atoms with van der Waals surface area (Å²) < 4.78 is 1.58. The van der Waals surface area contributed by atoms with E-state index in [1.54, 1.807) is 42.2 Å². The minimum Gasteiger partial charge on any atom is -0.390 e. The van der Waals surface area contributed by atoms with E-state index in [0.717, 1.165) is 0 Å². The number of aliphatic hydroxyl groups is 3. The van der Waals surface area contributed by atoms with Crippen LogP contribution in [0.1, 0.15) is 24.1 Å². The highest BCUT2D eigenvalue weighted by Crippen LogP contribution is 2.42. The molecule has 28 heavy (non-hydrogen) atoms. The molecule has 1 aromatic carbocycles. The van der Waals surface area contributed by atoms with E-state index in [4.69, 9.17) is 11.6 Å². The molecule has 1 aliphatic rings. The average Bonchev–Trinajstić information content (AvgIpc) is 3.25. The van der Waals surface area contributed by atoms with Crippen molar-refractivity contribution in [2.24, 2.45) is 5.92 Å². The number of halogens is 1. The van der Waals surface area contributed by atoms with E-state index >= 15 is 0 Å². The maximum atomic E-state index is 10.8. The zero-order valence-electron chi connectivity index (χ0n) is 15.1. The van der Waals surface area contributed by atoms with Crippen LogP contribution in [0.25, 0.3) is 11.0 Å². The predicted octanol–water partition coefficient (Wildman–Crippen LogP) is 1.04. The third-order valence-electron chi connectivity index (χ3n) is 5.26. The molecule has 1 fully saturated rings. The van der Waals surface area contributed by atoms with Crippen LogP contribution in [-0.2, 0) is 0 Å². The number of fused-ring (bicyclic) bond motifs is 1. The van der Waals surface area contributed by atoms with E-state index in [2.05, 4.69) is 25.9 Å². The van der Waals surface area contributed by atoms with Crippen molar-refractivity contribution in [3.8, 4) is 0 Å². The molecule has 0 radical (unpaired) electrons. The first-order chi connectivity index (χ1) is 13.5. The van der Waals surface area contributed by atoms with Gasteiger partial charge in [0.2, 0.25) is 0 Å². The Morgan fingerprint density at radius 1 is 1.18 bits per heavy atom. The summed E-state index contributed by atoms with van der Waals surface area (Å²) in [5.41, 5.74) is 6.88. The lowest BCUT2D eigenvalue weighted by Crippen LogP contribution is -2.31. The molecular weight excluding hydrogens is 384 g/mol. The maximum absolute atomic E-state index is 10.8. The second-order valence-electron chi connectivity index (χ2n) is 6.87. The Balaban J connectivity index is 1.64. The lowest BCUT2D eigenvalue weighted by molar-refractivity contribution is -0.0271. The first kappa shape index (κ1) is 19.0. The number of hydrogen-bond donors (Lipinski definition) is 5. The average molecular weight is 405 g/mol. The number of nitrogens with zero attached hydrogens (tertiary/aromatic N) is 4. The number of aliphatic hydroxyl groups excluding tert-OH is 3. The molecule has 1 aliphatic carbocycles. The zero-order chi connectivity index (χ0) is 19.8. The van der Waals surface area contributed by atoms with Crippen molar-refractivity contribution < 1.29 is 15.3 Å². The van der Waals surface area contributed by atoms with Gasteiger partial charge in [-0.1, -0.05) is 23.7 Å². The van der Waals surface area contributed by atoms with Gasteiger partial charge in [0.25, 0.3) is 0 Å². The van der Waals surface area contributed by atoms with Crippen LogP contribution < -0.4 is 10.9 Å². The van der Waals surface area contributed by atoms with Gasteiger partial charge < -0.3 is 20.7 Å². The molecule has 5 atom stereocenters. The summed E-state index contributed by atoms with van der Waals surface area (Å²) in [6, 6.07) is 6.27. The molecule has 5 N–H and O–H groups in total. The molecule has 0 saturated heterocycles. The normalized spacial score (nSPS) is 25.9. The fraction of sp³-hybridized carbons (Fsp3) is 0.389. The number of hydrogen-bond acceptors (Lipinski definition) is 8. The van der Waals surface area contributed by atoms with Crippen molar-refractivity contribution in [2.75, 3.05) is 12.5 Å². The molecule has 9 nitrogen and oxygen atoms in total. The van der Waals surface area contributed by atoms with Crippen LogP contribution in [0.3, 0.4) is 0 Å². The van der Waals surface area contributed by atoms with Gasteiger partial charge in [-0.25, -0.2) is 20.1 Å². The fourth-order valence-corrected chi connectivity index (χ4v) is 3.95.